The molecule has 0 saturated heterocycles. The second-order valence-corrected chi connectivity index (χ2v) is 3.28. The molecule has 0 rings (SSSR count). The van der Waals surface area contributed by atoms with Gasteiger partial charge in [0.2, 0.25) is 0 Å². The second kappa shape index (κ2) is 9.21. The monoisotopic (exact) mass is 238 g/mol. The van der Waals surface area contributed by atoms with E-state index in [2.05, 4.69) is 25.3 Å². The average Bonchev–Trinajstić information content (AvgIpc) is 2.20. The number of hydrogen-bond acceptors (Lipinski definition) is 6. The van der Waals surface area contributed by atoms with E-state index < -0.39 is 11.9 Å². The third kappa shape index (κ3) is 8.25. The largest absolute Gasteiger partial charge is 0.465 e. The maximum Gasteiger partial charge on any atom is 0.306 e. The second-order valence-electron chi connectivity index (χ2n) is 2.39. The highest BCUT2D eigenvalue weighted by Crippen LogP contribution is 1.96. The summed E-state index contributed by atoms with van der Waals surface area (Å²) in [7, 11) is 0. The van der Waals surface area contributed by atoms with Crippen molar-refractivity contribution in [2.24, 2.45) is 0 Å². The summed E-state index contributed by atoms with van der Waals surface area (Å²) < 4.78 is 9.42. The third-order valence-corrected chi connectivity index (χ3v) is 1.61. The van der Waals surface area contributed by atoms with Gasteiger partial charge in [-0.1, -0.05) is 0 Å². The van der Waals surface area contributed by atoms with Crippen LogP contribution in [-0.4, -0.2) is 36.7 Å². The highest BCUT2D eigenvalue weighted by atomic mass is 32.1. The van der Waals surface area contributed by atoms with Crippen LogP contribution in [0.15, 0.2) is 0 Å². The molecule has 0 radical (unpaired) electrons. The summed E-state index contributed by atoms with van der Waals surface area (Å²) >= 11 is 7.75. The Bertz CT molecular complexity index is 164. The van der Waals surface area contributed by atoms with Crippen LogP contribution in [0.25, 0.3) is 0 Å². The molecule has 0 saturated carbocycles. The Balaban J connectivity index is 3.41. The number of ether oxygens (including phenoxy) is 2. The minimum Gasteiger partial charge on any atom is -0.465 e. The molecule has 4 nitrogen and oxygen atoms in total. The van der Waals surface area contributed by atoms with Crippen LogP contribution < -0.4 is 0 Å². The molecule has 0 aliphatic heterocycles. The van der Waals surface area contributed by atoms with Gasteiger partial charge in [-0.05, 0) is 0 Å². The zero-order valence-corrected chi connectivity index (χ0v) is 9.56. The highest BCUT2D eigenvalue weighted by Gasteiger charge is 2.08. The Morgan fingerprint density at radius 3 is 1.50 bits per heavy atom. The van der Waals surface area contributed by atoms with E-state index in [1.807, 2.05) is 0 Å². The molecule has 0 aliphatic carbocycles. The van der Waals surface area contributed by atoms with Crippen molar-refractivity contribution in [2.45, 2.75) is 12.8 Å². The molecule has 0 N–H and O–H groups in total. The quantitative estimate of drug-likeness (QED) is 0.507. The minimum absolute atomic E-state index is 0.0547. The topological polar surface area (TPSA) is 52.6 Å². The van der Waals surface area contributed by atoms with Gasteiger partial charge in [0.05, 0.1) is 12.8 Å². The maximum atomic E-state index is 10.9. The summed E-state index contributed by atoms with van der Waals surface area (Å²) in [5, 5.41) is 0. The summed E-state index contributed by atoms with van der Waals surface area (Å²) in [5.74, 6) is 0.162. The lowest BCUT2D eigenvalue weighted by atomic mass is 10.3. The van der Waals surface area contributed by atoms with Crippen molar-refractivity contribution >= 4 is 37.2 Å². The first-order chi connectivity index (χ1) is 6.70. The predicted octanol–water partition coefficient (Wildman–Crippen LogP) is 0.713. The standard InChI is InChI=1S/C8H14O4S2/c9-7(11-3-5-13)1-2-8(10)12-4-6-14/h13-14H,1-6H2. The lowest BCUT2D eigenvalue weighted by molar-refractivity contribution is -0.149. The predicted molar refractivity (Wildman–Crippen MR) is 58.9 cm³/mol. The molecule has 0 fully saturated rings. The van der Waals surface area contributed by atoms with Gasteiger partial charge in [0, 0.05) is 11.5 Å². The molecular formula is C8H14O4S2. The first-order valence-corrected chi connectivity index (χ1v) is 5.50. The van der Waals surface area contributed by atoms with Gasteiger partial charge >= 0.3 is 11.9 Å². The molecule has 0 amide bonds. The fraction of sp³-hybridized carbons (Fsp3) is 0.750. The molecular weight excluding hydrogens is 224 g/mol. The molecule has 14 heavy (non-hydrogen) atoms. The smallest absolute Gasteiger partial charge is 0.306 e. The van der Waals surface area contributed by atoms with Crippen LogP contribution >= 0.6 is 25.3 Å². The van der Waals surface area contributed by atoms with Crippen LogP contribution in [0.1, 0.15) is 12.8 Å². The van der Waals surface area contributed by atoms with E-state index in [4.69, 9.17) is 9.47 Å². The number of thiol groups is 2. The molecule has 0 aromatic rings. The molecule has 0 aromatic carbocycles. The van der Waals surface area contributed by atoms with Crippen LogP contribution in [0.3, 0.4) is 0 Å². The van der Waals surface area contributed by atoms with Gasteiger partial charge in [-0.2, -0.15) is 25.3 Å². The molecule has 6 heteroatoms. The van der Waals surface area contributed by atoms with Crippen LogP contribution in [-0.2, 0) is 19.1 Å². The van der Waals surface area contributed by atoms with Gasteiger partial charge in [0.1, 0.15) is 13.2 Å². The fourth-order valence-electron chi connectivity index (χ4n) is 0.667. The third-order valence-electron chi connectivity index (χ3n) is 1.24. The Morgan fingerprint density at radius 1 is 0.857 bits per heavy atom. The van der Waals surface area contributed by atoms with E-state index in [9.17, 15) is 9.59 Å². The van der Waals surface area contributed by atoms with Gasteiger partial charge in [-0.3, -0.25) is 9.59 Å². The van der Waals surface area contributed by atoms with E-state index in [0.29, 0.717) is 11.5 Å². The first kappa shape index (κ1) is 13.6. The van der Waals surface area contributed by atoms with Crippen molar-refractivity contribution in [1.29, 1.82) is 0 Å². The highest BCUT2D eigenvalue weighted by molar-refractivity contribution is 7.80. The van der Waals surface area contributed by atoms with Crippen molar-refractivity contribution < 1.29 is 19.1 Å². The molecule has 0 atom stereocenters. The maximum absolute atomic E-state index is 10.9. The Hall–Kier alpha value is -0.360. The molecule has 0 aliphatic rings. The number of hydrogen-bond donors (Lipinski definition) is 2. The Labute approximate surface area is 94.2 Å². The number of esters is 2. The molecule has 0 unspecified atom stereocenters. The summed E-state index contributed by atoms with van der Waals surface area (Å²) in [6.07, 6.45) is 0.109. The van der Waals surface area contributed by atoms with E-state index in [1.54, 1.807) is 0 Å². The zero-order valence-electron chi connectivity index (χ0n) is 7.77. The lowest BCUT2D eigenvalue weighted by Crippen LogP contribution is -2.12. The van der Waals surface area contributed by atoms with Crippen molar-refractivity contribution in [3.8, 4) is 0 Å². The van der Waals surface area contributed by atoms with E-state index in [-0.39, 0.29) is 26.1 Å². The number of carbonyl (C=O) groups is 2. The van der Waals surface area contributed by atoms with E-state index in [0.717, 1.165) is 0 Å². The summed E-state index contributed by atoms with van der Waals surface area (Å²) in [5.41, 5.74) is 0. The van der Waals surface area contributed by atoms with Crippen molar-refractivity contribution in [3.63, 3.8) is 0 Å². The van der Waals surface area contributed by atoms with Crippen LogP contribution in [0, 0.1) is 0 Å². The van der Waals surface area contributed by atoms with Crippen molar-refractivity contribution in [3.05, 3.63) is 0 Å². The van der Waals surface area contributed by atoms with Gasteiger partial charge in [0.15, 0.2) is 0 Å². The number of carbonyl (C=O) groups excluding carboxylic acids is 2. The van der Waals surface area contributed by atoms with E-state index >= 15 is 0 Å². The van der Waals surface area contributed by atoms with Gasteiger partial charge in [0.25, 0.3) is 0 Å². The molecule has 82 valence electrons. The molecule has 0 aromatic heterocycles. The van der Waals surface area contributed by atoms with Crippen molar-refractivity contribution in [1.82, 2.24) is 0 Å². The van der Waals surface area contributed by atoms with Crippen LogP contribution in [0.4, 0.5) is 0 Å². The van der Waals surface area contributed by atoms with Gasteiger partial charge in [-0.15, -0.1) is 0 Å². The fourth-order valence-corrected chi connectivity index (χ4v) is 0.850. The SMILES string of the molecule is O=C(CCC(=O)OCCS)OCCS. The van der Waals surface area contributed by atoms with Crippen LogP contribution in [0.2, 0.25) is 0 Å². The Kier molecular flexibility index (Phi) is 8.97. The summed E-state index contributed by atoms with van der Waals surface area (Å²) in [4.78, 5) is 21.8. The van der Waals surface area contributed by atoms with Crippen LogP contribution in [0.5, 0.6) is 0 Å². The van der Waals surface area contributed by atoms with E-state index in [1.165, 1.54) is 0 Å². The minimum atomic E-state index is -0.401. The normalized spacial score (nSPS) is 9.57. The molecule has 0 spiro atoms. The summed E-state index contributed by atoms with van der Waals surface area (Å²) in [6.45, 7) is 0.543. The first-order valence-electron chi connectivity index (χ1n) is 4.23. The summed E-state index contributed by atoms with van der Waals surface area (Å²) in [6, 6.07) is 0. The lowest BCUT2D eigenvalue weighted by Gasteiger charge is -2.03. The average molecular weight is 238 g/mol. The van der Waals surface area contributed by atoms with Crippen molar-refractivity contribution in [2.75, 3.05) is 24.7 Å². The number of rotatable bonds is 7. The van der Waals surface area contributed by atoms with Gasteiger partial charge in [-0.25, -0.2) is 0 Å². The van der Waals surface area contributed by atoms with Gasteiger partial charge < -0.3 is 9.47 Å². The Morgan fingerprint density at radius 2 is 1.21 bits per heavy atom. The molecule has 0 bridgehead atoms. The zero-order chi connectivity index (χ0) is 10.8. The molecule has 0 heterocycles.